The van der Waals surface area contributed by atoms with Crippen molar-refractivity contribution in [1.29, 1.82) is 0 Å². The molecule has 0 aliphatic carbocycles. The fourth-order valence-electron chi connectivity index (χ4n) is 5.10. The molecule has 3 aliphatic rings. The van der Waals surface area contributed by atoms with Gasteiger partial charge in [0.25, 0.3) is 0 Å². The molecule has 3 saturated heterocycles. The lowest BCUT2D eigenvalue weighted by Gasteiger charge is -2.38. The number of aliphatic hydroxyl groups excluding tert-OH is 1. The van der Waals surface area contributed by atoms with E-state index >= 15 is 0 Å². The summed E-state index contributed by atoms with van der Waals surface area (Å²) in [6, 6.07) is 7.19. The van der Waals surface area contributed by atoms with Gasteiger partial charge >= 0.3 is 0 Å². The maximum Gasteiger partial charge on any atom is 0.226 e. The Morgan fingerprint density at radius 1 is 1.18 bits per heavy atom. The Kier molecular flexibility index (Phi) is 5.90. The zero-order chi connectivity index (χ0) is 19.6. The van der Waals surface area contributed by atoms with Crippen LogP contribution in [0, 0.1) is 5.41 Å². The minimum absolute atomic E-state index is 0.166. The quantitative estimate of drug-likeness (QED) is 0.805. The van der Waals surface area contributed by atoms with Gasteiger partial charge in [0.05, 0.1) is 25.7 Å². The number of likely N-dealkylation sites (tertiary alicyclic amines) is 2. The van der Waals surface area contributed by atoms with Gasteiger partial charge in [0.2, 0.25) is 5.91 Å². The summed E-state index contributed by atoms with van der Waals surface area (Å²) in [4.78, 5) is 17.0. The van der Waals surface area contributed by atoms with E-state index in [9.17, 15) is 15.0 Å². The first-order valence-corrected chi connectivity index (χ1v) is 10.6. The van der Waals surface area contributed by atoms with E-state index in [1.54, 1.807) is 12.1 Å². The Bertz CT molecular complexity index is 670. The van der Waals surface area contributed by atoms with E-state index < -0.39 is 0 Å². The first-order chi connectivity index (χ1) is 13.6. The molecule has 4 rings (SSSR count). The number of ether oxygens (including phenoxy) is 1. The Balaban J connectivity index is 1.25. The van der Waals surface area contributed by atoms with Crippen molar-refractivity contribution in [2.75, 3.05) is 39.4 Å². The van der Waals surface area contributed by atoms with E-state index in [-0.39, 0.29) is 29.8 Å². The van der Waals surface area contributed by atoms with Crippen LogP contribution in [0.2, 0.25) is 0 Å². The van der Waals surface area contributed by atoms with Crippen molar-refractivity contribution in [2.24, 2.45) is 5.41 Å². The van der Waals surface area contributed by atoms with Gasteiger partial charge < -0.3 is 19.8 Å². The van der Waals surface area contributed by atoms with Crippen LogP contribution < -0.4 is 0 Å². The monoisotopic (exact) mass is 388 g/mol. The number of piperidine rings is 1. The van der Waals surface area contributed by atoms with Gasteiger partial charge in [-0.1, -0.05) is 12.1 Å². The molecule has 3 aliphatic heterocycles. The lowest BCUT2D eigenvalue weighted by molar-refractivity contribution is -0.132. The average molecular weight is 389 g/mol. The van der Waals surface area contributed by atoms with E-state index in [0.29, 0.717) is 12.5 Å². The zero-order valence-corrected chi connectivity index (χ0v) is 16.6. The van der Waals surface area contributed by atoms with Crippen molar-refractivity contribution in [2.45, 2.75) is 50.7 Å². The van der Waals surface area contributed by atoms with Gasteiger partial charge in [-0.15, -0.1) is 0 Å². The molecule has 0 aromatic heterocycles. The molecule has 3 heterocycles. The number of carbonyl (C=O) groups is 1. The minimum Gasteiger partial charge on any atom is -0.508 e. The molecule has 0 radical (unpaired) electrons. The molecule has 0 saturated carbocycles. The largest absolute Gasteiger partial charge is 0.508 e. The molecule has 3 fully saturated rings. The smallest absolute Gasteiger partial charge is 0.226 e. The van der Waals surface area contributed by atoms with Crippen molar-refractivity contribution in [3.05, 3.63) is 29.8 Å². The predicted molar refractivity (Wildman–Crippen MR) is 106 cm³/mol. The number of phenolic OH excluding ortho intramolecular Hbond substituents is 1. The molecule has 1 amide bonds. The number of nitrogens with zero attached hydrogens (tertiary/aromatic N) is 2. The molecule has 0 bridgehead atoms. The summed E-state index contributed by atoms with van der Waals surface area (Å²) in [5.41, 5.74) is 1.16. The normalized spacial score (nSPS) is 27.5. The number of aromatic hydroxyl groups is 1. The molecule has 2 N–H and O–H groups in total. The average Bonchev–Trinajstić information content (AvgIpc) is 3.31. The van der Waals surface area contributed by atoms with Gasteiger partial charge in [0.1, 0.15) is 5.75 Å². The van der Waals surface area contributed by atoms with Crippen molar-refractivity contribution in [3.8, 4) is 5.75 Å². The van der Waals surface area contributed by atoms with Crippen LogP contribution in [-0.2, 0) is 16.0 Å². The second kappa shape index (κ2) is 8.39. The van der Waals surface area contributed by atoms with Crippen LogP contribution in [0.5, 0.6) is 5.75 Å². The summed E-state index contributed by atoms with van der Waals surface area (Å²) < 4.78 is 6.15. The first kappa shape index (κ1) is 19.7. The SMILES string of the molecule is O=C(Cc1ccc(O)cc1)N1CCC2(CC1)CO[C@H](CN1CCC[C@H]1CO)C2. The molecule has 0 unspecified atom stereocenters. The lowest BCUT2D eigenvalue weighted by Crippen LogP contribution is -2.44. The molecule has 6 heteroatoms. The third-order valence-electron chi connectivity index (χ3n) is 6.90. The Labute approximate surface area is 167 Å². The molecule has 2 atom stereocenters. The highest BCUT2D eigenvalue weighted by atomic mass is 16.5. The van der Waals surface area contributed by atoms with Crippen LogP contribution in [-0.4, -0.2) is 77.5 Å². The second-order valence-electron chi connectivity index (χ2n) is 8.83. The fraction of sp³-hybridized carbons (Fsp3) is 0.682. The molecule has 1 spiro atoms. The van der Waals surface area contributed by atoms with Crippen LogP contribution in [0.1, 0.15) is 37.7 Å². The molecular formula is C22H32N2O4. The Morgan fingerprint density at radius 2 is 1.93 bits per heavy atom. The molecule has 6 nitrogen and oxygen atoms in total. The first-order valence-electron chi connectivity index (χ1n) is 10.6. The molecule has 154 valence electrons. The highest BCUT2D eigenvalue weighted by Gasteiger charge is 2.44. The number of phenols is 1. The van der Waals surface area contributed by atoms with Gasteiger partial charge in [0, 0.05) is 25.7 Å². The van der Waals surface area contributed by atoms with E-state index in [1.165, 1.54) is 6.42 Å². The number of benzene rings is 1. The summed E-state index contributed by atoms with van der Waals surface area (Å²) in [6.45, 7) is 4.64. The summed E-state index contributed by atoms with van der Waals surface area (Å²) in [7, 11) is 0. The zero-order valence-electron chi connectivity index (χ0n) is 16.6. The third-order valence-corrected chi connectivity index (χ3v) is 6.90. The van der Waals surface area contributed by atoms with Crippen LogP contribution in [0.3, 0.4) is 0 Å². The van der Waals surface area contributed by atoms with E-state index in [0.717, 1.165) is 64.0 Å². The number of hydrogen-bond acceptors (Lipinski definition) is 5. The van der Waals surface area contributed by atoms with E-state index in [4.69, 9.17) is 4.74 Å². The van der Waals surface area contributed by atoms with Crippen LogP contribution >= 0.6 is 0 Å². The lowest BCUT2D eigenvalue weighted by atomic mass is 9.76. The Morgan fingerprint density at radius 3 is 2.64 bits per heavy atom. The van der Waals surface area contributed by atoms with Gasteiger partial charge in [-0.05, 0) is 61.8 Å². The highest BCUT2D eigenvalue weighted by Crippen LogP contribution is 2.42. The molecule has 1 aromatic carbocycles. The summed E-state index contributed by atoms with van der Waals surface area (Å²) in [6.07, 6.45) is 5.99. The van der Waals surface area contributed by atoms with Crippen molar-refractivity contribution in [3.63, 3.8) is 0 Å². The fourth-order valence-corrected chi connectivity index (χ4v) is 5.10. The van der Waals surface area contributed by atoms with E-state index in [2.05, 4.69) is 4.90 Å². The number of amides is 1. The summed E-state index contributed by atoms with van der Waals surface area (Å²) in [5.74, 6) is 0.394. The topological polar surface area (TPSA) is 73.2 Å². The maximum absolute atomic E-state index is 12.6. The van der Waals surface area contributed by atoms with Gasteiger partial charge in [-0.25, -0.2) is 0 Å². The van der Waals surface area contributed by atoms with Gasteiger partial charge in [-0.2, -0.15) is 0 Å². The maximum atomic E-state index is 12.6. The Hall–Kier alpha value is -1.63. The predicted octanol–water partition coefficient (Wildman–Crippen LogP) is 1.79. The summed E-state index contributed by atoms with van der Waals surface area (Å²) in [5, 5.41) is 18.9. The second-order valence-corrected chi connectivity index (χ2v) is 8.83. The van der Waals surface area contributed by atoms with E-state index in [1.807, 2.05) is 17.0 Å². The molecular weight excluding hydrogens is 356 g/mol. The van der Waals surface area contributed by atoms with Crippen LogP contribution in [0.15, 0.2) is 24.3 Å². The standard InChI is InChI=1S/C22H32N2O4/c25-15-18-2-1-9-24(18)14-20-13-22(16-28-20)7-10-23(11-8-22)21(27)12-17-3-5-19(26)6-4-17/h3-6,18,20,25-26H,1-2,7-16H2/t18-,20-/m0/s1. The van der Waals surface area contributed by atoms with Crippen molar-refractivity contribution < 1.29 is 19.7 Å². The van der Waals surface area contributed by atoms with Crippen molar-refractivity contribution in [1.82, 2.24) is 9.80 Å². The number of rotatable bonds is 5. The minimum atomic E-state index is 0.166. The van der Waals surface area contributed by atoms with Gasteiger partial charge in [-0.3, -0.25) is 9.69 Å². The van der Waals surface area contributed by atoms with Crippen molar-refractivity contribution >= 4 is 5.91 Å². The van der Waals surface area contributed by atoms with Crippen LogP contribution in [0.4, 0.5) is 0 Å². The highest BCUT2D eigenvalue weighted by molar-refractivity contribution is 5.78. The number of hydrogen-bond donors (Lipinski definition) is 2. The van der Waals surface area contributed by atoms with Gasteiger partial charge in [0.15, 0.2) is 0 Å². The molecule has 28 heavy (non-hydrogen) atoms. The summed E-state index contributed by atoms with van der Waals surface area (Å²) >= 11 is 0. The molecule has 1 aromatic rings. The number of aliphatic hydroxyl groups is 1. The number of carbonyl (C=O) groups excluding carboxylic acids is 1. The van der Waals surface area contributed by atoms with Crippen LogP contribution in [0.25, 0.3) is 0 Å². The third kappa shape index (κ3) is 4.34.